The number of hydrogen-bond acceptors (Lipinski definition) is 1. The summed E-state index contributed by atoms with van der Waals surface area (Å²) in [5, 5.41) is 0. The highest BCUT2D eigenvalue weighted by Gasteiger charge is 2.19. The molecule has 2 heteroatoms. The maximum absolute atomic E-state index is 11.4. The van der Waals surface area contributed by atoms with Crippen LogP contribution in [-0.4, -0.2) is 17.4 Å². The van der Waals surface area contributed by atoms with Crippen LogP contribution in [0, 0.1) is 0 Å². The van der Waals surface area contributed by atoms with Crippen molar-refractivity contribution in [3.05, 3.63) is 24.4 Å². The lowest BCUT2D eigenvalue weighted by Gasteiger charge is -2.24. The van der Waals surface area contributed by atoms with Crippen molar-refractivity contribution in [2.45, 2.75) is 19.8 Å². The number of nitrogens with zero attached hydrogens (tertiary/aromatic N) is 1. The molecule has 0 aromatic carbocycles. The predicted molar refractivity (Wildman–Crippen MR) is 44.9 cm³/mol. The maximum atomic E-state index is 11.4. The second-order valence-electron chi connectivity index (χ2n) is 2.60. The third kappa shape index (κ3) is 1.50. The summed E-state index contributed by atoms with van der Waals surface area (Å²) in [5.74, 6) is 0.119. The number of rotatable bonds is 1. The van der Waals surface area contributed by atoms with Gasteiger partial charge in [-0.1, -0.05) is 12.7 Å². The zero-order valence-electron chi connectivity index (χ0n) is 6.84. The standard InChI is InChI=1S/C9H13NO/c1-3-8-6-5-7-10(4-2)9(8)11/h3-4H,2,5-7H2,1H3/b8-3-. The highest BCUT2D eigenvalue weighted by atomic mass is 16.2. The highest BCUT2D eigenvalue weighted by Crippen LogP contribution is 2.16. The van der Waals surface area contributed by atoms with Gasteiger partial charge in [0.15, 0.2) is 0 Å². The van der Waals surface area contributed by atoms with E-state index in [-0.39, 0.29) is 5.91 Å². The molecule has 0 N–H and O–H groups in total. The fourth-order valence-electron chi connectivity index (χ4n) is 1.27. The van der Waals surface area contributed by atoms with Crippen LogP contribution in [0.2, 0.25) is 0 Å². The SMILES string of the molecule is C=CN1CCC/C(=C/C)C1=O. The molecule has 0 aliphatic carbocycles. The van der Waals surface area contributed by atoms with E-state index in [0.717, 1.165) is 25.0 Å². The van der Waals surface area contributed by atoms with E-state index >= 15 is 0 Å². The van der Waals surface area contributed by atoms with Gasteiger partial charge in [0.05, 0.1) is 0 Å². The first-order valence-corrected chi connectivity index (χ1v) is 3.88. The van der Waals surface area contributed by atoms with Crippen molar-refractivity contribution in [1.29, 1.82) is 0 Å². The molecule has 11 heavy (non-hydrogen) atoms. The van der Waals surface area contributed by atoms with Crippen LogP contribution >= 0.6 is 0 Å². The smallest absolute Gasteiger partial charge is 0.253 e. The molecular weight excluding hydrogens is 138 g/mol. The normalized spacial score (nSPS) is 22.5. The van der Waals surface area contributed by atoms with E-state index < -0.39 is 0 Å². The van der Waals surface area contributed by atoms with Gasteiger partial charge in [0.1, 0.15) is 0 Å². The van der Waals surface area contributed by atoms with E-state index in [0.29, 0.717) is 0 Å². The maximum Gasteiger partial charge on any atom is 0.253 e. The second kappa shape index (κ2) is 3.37. The lowest BCUT2D eigenvalue weighted by atomic mass is 10.0. The zero-order valence-corrected chi connectivity index (χ0v) is 6.84. The van der Waals surface area contributed by atoms with Gasteiger partial charge in [-0.15, -0.1) is 0 Å². The summed E-state index contributed by atoms with van der Waals surface area (Å²) in [5.41, 5.74) is 0.913. The van der Waals surface area contributed by atoms with Crippen LogP contribution in [0.25, 0.3) is 0 Å². The number of amides is 1. The Morgan fingerprint density at radius 1 is 1.64 bits per heavy atom. The summed E-state index contributed by atoms with van der Waals surface area (Å²) >= 11 is 0. The Balaban J connectivity index is 2.75. The first-order chi connectivity index (χ1) is 5.29. The number of piperidine rings is 1. The van der Waals surface area contributed by atoms with E-state index in [4.69, 9.17) is 0 Å². The molecule has 0 spiro atoms. The predicted octanol–water partition coefficient (Wildman–Crippen LogP) is 1.70. The second-order valence-corrected chi connectivity index (χ2v) is 2.60. The van der Waals surface area contributed by atoms with Crippen LogP contribution in [0.1, 0.15) is 19.8 Å². The topological polar surface area (TPSA) is 20.3 Å². The Morgan fingerprint density at radius 3 is 2.91 bits per heavy atom. The van der Waals surface area contributed by atoms with Crippen molar-refractivity contribution < 1.29 is 4.79 Å². The Hall–Kier alpha value is -1.05. The Kier molecular flexibility index (Phi) is 2.47. The number of likely N-dealkylation sites (tertiary alicyclic amines) is 1. The number of allylic oxidation sites excluding steroid dienone is 1. The van der Waals surface area contributed by atoms with Gasteiger partial charge in [0.2, 0.25) is 0 Å². The number of hydrogen-bond donors (Lipinski definition) is 0. The average molecular weight is 151 g/mol. The summed E-state index contributed by atoms with van der Waals surface area (Å²) in [7, 11) is 0. The molecule has 1 rings (SSSR count). The van der Waals surface area contributed by atoms with Crippen molar-refractivity contribution >= 4 is 5.91 Å². The minimum Gasteiger partial charge on any atom is -0.316 e. The molecular formula is C9H13NO. The van der Waals surface area contributed by atoms with E-state index in [2.05, 4.69) is 6.58 Å². The van der Waals surface area contributed by atoms with Crippen molar-refractivity contribution in [2.75, 3.05) is 6.54 Å². The largest absolute Gasteiger partial charge is 0.316 e. The molecule has 0 saturated carbocycles. The van der Waals surface area contributed by atoms with E-state index in [1.807, 2.05) is 13.0 Å². The summed E-state index contributed by atoms with van der Waals surface area (Å²) in [4.78, 5) is 13.0. The summed E-state index contributed by atoms with van der Waals surface area (Å²) in [6.45, 7) is 6.30. The van der Waals surface area contributed by atoms with Gasteiger partial charge in [0.25, 0.3) is 5.91 Å². The lowest BCUT2D eigenvalue weighted by molar-refractivity contribution is -0.125. The Labute approximate surface area is 67.2 Å². The van der Waals surface area contributed by atoms with E-state index in [9.17, 15) is 4.79 Å². The van der Waals surface area contributed by atoms with Crippen molar-refractivity contribution in [3.8, 4) is 0 Å². The molecule has 0 bridgehead atoms. The number of carbonyl (C=O) groups excluding carboxylic acids is 1. The molecule has 0 aromatic rings. The van der Waals surface area contributed by atoms with Crippen LogP contribution in [0.5, 0.6) is 0 Å². The minimum absolute atomic E-state index is 0.119. The molecule has 1 amide bonds. The monoisotopic (exact) mass is 151 g/mol. The van der Waals surface area contributed by atoms with Gasteiger partial charge in [-0.3, -0.25) is 4.79 Å². The molecule has 1 fully saturated rings. The zero-order chi connectivity index (χ0) is 8.27. The molecule has 1 heterocycles. The van der Waals surface area contributed by atoms with Crippen molar-refractivity contribution in [3.63, 3.8) is 0 Å². The first kappa shape index (κ1) is 8.05. The van der Waals surface area contributed by atoms with Gasteiger partial charge in [-0.2, -0.15) is 0 Å². The molecule has 0 atom stereocenters. The van der Waals surface area contributed by atoms with Crippen LogP contribution < -0.4 is 0 Å². The Bertz CT molecular complexity index is 206. The van der Waals surface area contributed by atoms with Crippen molar-refractivity contribution in [2.24, 2.45) is 0 Å². The third-order valence-electron chi connectivity index (χ3n) is 1.95. The molecule has 1 saturated heterocycles. The number of carbonyl (C=O) groups is 1. The van der Waals surface area contributed by atoms with Gasteiger partial charge >= 0.3 is 0 Å². The van der Waals surface area contributed by atoms with Gasteiger partial charge in [0, 0.05) is 12.1 Å². The van der Waals surface area contributed by atoms with Crippen LogP contribution in [0.4, 0.5) is 0 Å². The third-order valence-corrected chi connectivity index (χ3v) is 1.95. The highest BCUT2D eigenvalue weighted by molar-refractivity contribution is 5.94. The quantitative estimate of drug-likeness (QED) is 0.522. The van der Waals surface area contributed by atoms with Crippen LogP contribution in [0.15, 0.2) is 24.4 Å². The molecule has 0 aromatic heterocycles. The Morgan fingerprint density at radius 2 is 2.36 bits per heavy atom. The molecule has 0 unspecified atom stereocenters. The fourth-order valence-corrected chi connectivity index (χ4v) is 1.27. The van der Waals surface area contributed by atoms with Gasteiger partial charge < -0.3 is 4.90 Å². The fraction of sp³-hybridized carbons (Fsp3) is 0.444. The molecule has 60 valence electrons. The van der Waals surface area contributed by atoms with Crippen molar-refractivity contribution in [1.82, 2.24) is 4.90 Å². The lowest BCUT2D eigenvalue weighted by Crippen LogP contribution is -2.32. The summed E-state index contributed by atoms with van der Waals surface area (Å²) in [6, 6.07) is 0. The molecule has 1 aliphatic rings. The van der Waals surface area contributed by atoms with Gasteiger partial charge in [-0.25, -0.2) is 0 Å². The van der Waals surface area contributed by atoms with Gasteiger partial charge in [-0.05, 0) is 26.0 Å². The summed E-state index contributed by atoms with van der Waals surface area (Å²) in [6.07, 6.45) is 5.46. The molecule has 1 aliphatic heterocycles. The van der Waals surface area contributed by atoms with Crippen LogP contribution in [0.3, 0.4) is 0 Å². The molecule has 2 nitrogen and oxygen atoms in total. The minimum atomic E-state index is 0.119. The van der Waals surface area contributed by atoms with E-state index in [1.165, 1.54) is 0 Å². The van der Waals surface area contributed by atoms with E-state index in [1.54, 1.807) is 11.1 Å². The summed E-state index contributed by atoms with van der Waals surface area (Å²) < 4.78 is 0. The first-order valence-electron chi connectivity index (χ1n) is 3.88. The molecule has 0 radical (unpaired) electrons. The van der Waals surface area contributed by atoms with Crippen LogP contribution in [-0.2, 0) is 4.79 Å². The average Bonchev–Trinajstić information content (AvgIpc) is 2.05.